The lowest BCUT2D eigenvalue weighted by Gasteiger charge is -2.17. The Morgan fingerprint density at radius 2 is 1.77 bits per heavy atom. The third-order valence-electron chi connectivity index (χ3n) is 5.27. The zero-order valence-corrected chi connectivity index (χ0v) is 18.3. The first-order valence-electron chi connectivity index (χ1n) is 9.93. The second-order valence-corrected chi connectivity index (χ2v) is 7.83. The van der Waals surface area contributed by atoms with E-state index in [1.807, 2.05) is 7.05 Å². The number of nitrogens with zero attached hydrogens (tertiary/aromatic N) is 3. The Morgan fingerprint density at radius 1 is 1.17 bits per heavy atom. The summed E-state index contributed by atoms with van der Waals surface area (Å²) >= 11 is 0. The number of rotatable bonds is 5. The van der Waals surface area contributed by atoms with Gasteiger partial charge in [-0.2, -0.15) is 9.84 Å². The van der Waals surface area contributed by atoms with Gasteiger partial charge in [0.05, 0.1) is 17.9 Å². The summed E-state index contributed by atoms with van der Waals surface area (Å²) in [6.07, 6.45) is 4.95. The molecule has 0 spiro atoms. The van der Waals surface area contributed by atoms with Gasteiger partial charge in [-0.25, -0.2) is 0 Å². The molecule has 0 aliphatic carbocycles. The molecule has 0 radical (unpaired) electrons. The van der Waals surface area contributed by atoms with Crippen molar-refractivity contribution in [3.05, 3.63) is 65.7 Å². The normalized spacial score (nSPS) is 14.0. The summed E-state index contributed by atoms with van der Waals surface area (Å²) in [5.74, 6) is -1.08. The molecule has 30 heavy (non-hydrogen) atoms. The number of carbonyl (C=O) groups excluding carboxylic acids is 1. The number of carbonyl (C=O) groups is 1. The predicted octanol–water partition coefficient (Wildman–Crippen LogP) is 3.51. The molecule has 0 atom stereocenters. The van der Waals surface area contributed by atoms with Crippen LogP contribution in [0.2, 0.25) is 0 Å². The highest BCUT2D eigenvalue weighted by molar-refractivity contribution is 6.05. The number of hydrogen-bond donors (Lipinski definition) is 0. The molecule has 0 N–H and O–H groups in total. The van der Waals surface area contributed by atoms with E-state index in [2.05, 4.69) is 97.1 Å². The first-order chi connectivity index (χ1) is 14.2. The largest absolute Gasteiger partial charge is 0.550 e. The molecule has 2 aromatic carbocycles. The van der Waals surface area contributed by atoms with Crippen molar-refractivity contribution < 1.29 is 14.5 Å². The smallest absolute Gasteiger partial charge is 0.209 e. The van der Waals surface area contributed by atoms with Crippen molar-refractivity contribution in [3.63, 3.8) is 0 Å². The van der Waals surface area contributed by atoms with Crippen LogP contribution in [-0.4, -0.2) is 36.9 Å². The summed E-state index contributed by atoms with van der Waals surface area (Å²) in [4.78, 5) is 11.0. The van der Waals surface area contributed by atoms with Crippen LogP contribution in [0, 0.1) is 11.3 Å². The summed E-state index contributed by atoms with van der Waals surface area (Å²) in [6, 6.07) is 19.3. The van der Waals surface area contributed by atoms with Gasteiger partial charge in [0, 0.05) is 43.0 Å². The molecule has 1 aliphatic rings. The molecule has 0 aromatic heterocycles. The van der Waals surface area contributed by atoms with Gasteiger partial charge in [0.2, 0.25) is 5.69 Å². The van der Waals surface area contributed by atoms with Crippen LogP contribution in [0.4, 0.5) is 11.4 Å². The van der Waals surface area contributed by atoms with Gasteiger partial charge in [0.15, 0.2) is 5.71 Å². The van der Waals surface area contributed by atoms with Gasteiger partial charge >= 0.3 is 0 Å². The molecular weight excluding hydrogens is 374 g/mol. The molecule has 5 nitrogen and oxygen atoms in total. The fourth-order valence-electron chi connectivity index (χ4n) is 3.66. The second-order valence-electron chi connectivity index (χ2n) is 7.83. The fourth-order valence-corrected chi connectivity index (χ4v) is 3.66. The van der Waals surface area contributed by atoms with Crippen LogP contribution in [-0.2, 0) is 10.2 Å². The number of allylic oxidation sites excluding steroid dienone is 1. The number of para-hydroxylation sites is 1. The molecule has 0 saturated carbocycles. The SMILES string of the molecule is CC(=O)[O-].CN(CCC#N)c1ccc(C=CC2=[N+](C)c3ccccc3C2(C)C)cc1. The van der Waals surface area contributed by atoms with Gasteiger partial charge < -0.3 is 14.8 Å². The maximum atomic E-state index is 8.89. The Kier molecular flexibility index (Phi) is 7.54. The monoisotopic (exact) mass is 403 g/mol. The Balaban J connectivity index is 0.000000735. The minimum atomic E-state index is -1.08. The quantitative estimate of drug-likeness (QED) is 0.717. The van der Waals surface area contributed by atoms with Crippen molar-refractivity contribution in [2.75, 3.05) is 25.5 Å². The zero-order chi connectivity index (χ0) is 22.3. The van der Waals surface area contributed by atoms with E-state index in [1.165, 1.54) is 22.5 Å². The lowest BCUT2D eigenvalue weighted by Crippen LogP contribution is -2.26. The lowest BCUT2D eigenvalue weighted by atomic mass is 9.81. The first-order valence-corrected chi connectivity index (χ1v) is 9.93. The predicted molar refractivity (Wildman–Crippen MR) is 120 cm³/mol. The average molecular weight is 404 g/mol. The second kappa shape index (κ2) is 9.89. The van der Waals surface area contributed by atoms with Crippen molar-refractivity contribution in [2.24, 2.45) is 0 Å². The molecule has 2 aromatic rings. The molecule has 0 unspecified atom stereocenters. The molecule has 0 bridgehead atoms. The molecule has 3 rings (SSSR count). The number of aliphatic carboxylic acids is 1. The first kappa shape index (κ1) is 22.9. The molecule has 156 valence electrons. The Labute approximate surface area is 179 Å². The summed E-state index contributed by atoms with van der Waals surface area (Å²) < 4.78 is 2.29. The van der Waals surface area contributed by atoms with Crippen LogP contribution in [0.15, 0.2) is 54.6 Å². The number of nitriles is 1. The van der Waals surface area contributed by atoms with Crippen molar-refractivity contribution in [2.45, 2.75) is 32.6 Å². The topological polar surface area (TPSA) is 70.2 Å². The maximum Gasteiger partial charge on any atom is 0.209 e. The standard InChI is InChI=1S/C23H26N3.C2H4O2/c1-23(2)20-8-5-6-9-21(20)26(4)22(23)15-12-18-10-13-19(14-11-18)25(3)17-7-16-24;1-2(3)4/h5-6,8-15H,7,17H2,1-4H3;1H3,(H,3,4)/q+1;/p-1. The number of hydrogen-bond acceptors (Lipinski definition) is 4. The third-order valence-corrected chi connectivity index (χ3v) is 5.27. The molecule has 0 amide bonds. The lowest BCUT2D eigenvalue weighted by molar-refractivity contribution is -0.401. The van der Waals surface area contributed by atoms with Crippen molar-refractivity contribution in [3.8, 4) is 6.07 Å². The number of anilines is 1. The minimum Gasteiger partial charge on any atom is -0.550 e. The van der Waals surface area contributed by atoms with Gasteiger partial charge in [-0.3, -0.25) is 0 Å². The highest BCUT2D eigenvalue weighted by Crippen LogP contribution is 2.39. The van der Waals surface area contributed by atoms with E-state index in [0.29, 0.717) is 6.42 Å². The van der Waals surface area contributed by atoms with E-state index in [0.717, 1.165) is 19.2 Å². The molecule has 1 heterocycles. The van der Waals surface area contributed by atoms with Crippen LogP contribution >= 0.6 is 0 Å². The average Bonchev–Trinajstić information content (AvgIpc) is 2.90. The van der Waals surface area contributed by atoms with E-state index >= 15 is 0 Å². The highest BCUT2D eigenvalue weighted by Gasteiger charge is 2.42. The Hall–Kier alpha value is -3.39. The van der Waals surface area contributed by atoms with Crippen LogP contribution in [0.1, 0.15) is 38.3 Å². The van der Waals surface area contributed by atoms with Crippen LogP contribution < -0.4 is 10.0 Å². The maximum absolute atomic E-state index is 8.89. The third kappa shape index (κ3) is 5.36. The van der Waals surface area contributed by atoms with Gasteiger partial charge in [-0.05, 0) is 44.5 Å². The number of fused-ring (bicyclic) bond motifs is 1. The Morgan fingerprint density at radius 3 is 2.33 bits per heavy atom. The number of carboxylic acids is 1. The summed E-state index contributed by atoms with van der Waals surface area (Å²) in [5, 5.41) is 17.6. The molecule has 5 heteroatoms. The number of benzene rings is 2. The molecule has 1 aliphatic heterocycles. The van der Waals surface area contributed by atoms with E-state index in [9.17, 15) is 0 Å². The van der Waals surface area contributed by atoms with Crippen LogP contribution in [0.5, 0.6) is 0 Å². The Bertz CT molecular complexity index is 992. The minimum absolute atomic E-state index is 0.000698. The van der Waals surface area contributed by atoms with Gasteiger partial charge in [0.1, 0.15) is 7.05 Å². The zero-order valence-electron chi connectivity index (χ0n) is 18.3. The van der Waals surface area contributed by atoms with Crippen LogP contribution in [0.25, 0.3) is 6.08 Å². The van der Waals surface area contributed by atoms with E-state index in [1.54, 1.807) is 0 Å². The van der Waals surface area contributed by atoms with Crippen molar-refractivity contribution >= 4 is 29.1 Å². The number of carboxylic acid groups (broad SMARTS) is 1. The van der Waals surface area contributed by atoms with Crippen LogP contribution in [0.3, 0.4) is 0 Å². The summed E-state index contributed by atoms with van der Waals surface area (Å²) in [7, 11) is 4.16. The van der Waals surface area contributed by atoms with E-state index in [4.69, 9.17) is 15.2 Å². The molecule has 0 saturated heterocycles. The van der Waals surface area contributed by atoms with E-state index < -0.39 is 5.97 Å². The van der Waals surface area contributed by atoms with Gasteiger partial charge in [-0.15, -0.1) is 0 Å². The van der Waals surface area contributed by atoms with Crippen molar-refractivity contribution in [1.29, 1.82) is 5.26 Å². The van der Waals surface area contributed by atoms with Gasteiger partial charge in [0.25, 0.3) is 0 Å². The highest BCUT2D eigenvalue weighted by atomic mass is 16.4. The van der Waals surface area contributed by atoms with Crippen molar-refractivity contribution in [1.82, 2.24) is 0 Å². The van der Waals surface area contributed by atoms with Gasteiger partial charge in [-0.1, -0.05) is 30.3 Å². The summed E-state index contributed by atoms with van der Waals surface area (Å²) in [6.45, 7) is 6.28. The molecular formula is C25H29N3O2. The summed E-state index contributed by atoms with van der Waals surface area (Å²) in [5.41, 5.74) is 6.27. The molecule has 0 fully saturated rings. The fraction of sp³-hybridized carbons (Fsp3) is 0.320. The van der Waals surface area contributed by atoms with E-state index in [-0.39, 0.29) is 5.41 Å².